The molecule has 0 fully saturated rings. The van der Waals surface area contributed by atoms with Crippen LogP contribution in [0.3, 0.4) is 0 Å². The lowest BCUT2D eigenvalue weighted by atomic mass is 9.77. The van der Waals surface area contributed by atoms with Gasteiger partial charge in [-0.05, 0) is 213 Å². The highest BCUT2D eigenvalue weighted by molar-refractivity contribution is 9.10. The van der Waals surface area contributed by atoms with E-state index in [-0.39, 0.29) is 111 Å². The average Bonchev–Trinajstić information content (AvgIpc) is 1.56. The number of hydrogen-bond acceptors (Lipinski definition) is 2. The van der Waals surface area contributed by atoms with Gasteiger partial charge in [0, 0.05) is 27.2 Å². The Labute approximate surface area is 652 Å². The van der Waals surface area contributed by atoms with Gasteiger partial charge in [0.15, 0.2) is 0 Å². The summed E-state index contributed by atoms with van der Waals surface area (Å²) in [6.07, 6.45) is 0.631. The Morgan fingerprint density at radius 1 is 0.400 bits per heavy atom. The summed E-state index contributed by atoms with van der Waals surface area (Å²) in [5, 5.41) is 10.9. The highest BCUT2D eigenvalue weighted by Crippen LogP contribution is 2.44. The molecule has 1 aliphatic carbocycles. The van der Waals surface area contributed by atoms with Gasteiger partial charge in [-0.15, -0.1) is 0 Å². The van der Waals surface area contributed by atoms with E-state index < -0.39 is 65.4 Å². The lowest BCUT2D eigenvalue weighted by molar-refractivity contribution is -0.115. The van der Waals surface area contributed by atoms with Crippen molar-refractivity contribution >= 4 is 43.5 Å². The Morgan fingerprint density at radius 3 is 1.18 bits per heavy atom. The molecule has 16 rings (SSSR count). The van der Waals surface area contributed by atoms with Crippen molar-refractivity contribution < 1.29 is 49.1 Å². The molecule has 0 aliphatic heterocycles. The second kappa shape index (κ2) is 33.9. The first-order valence-electron chi connectivity index (χ1n) is 43.4. The van der Waals surface area contributed by atoms with E-state index in [9.17, 15) is 23.1 Å². The summed E-state index contributed by atoms with van der Waals surface area (Å²) >= 11 is 3.02. The molecule has 105 heavy (non-hydrogen) atoms. The molecule has 0 saturated heterocycles. The van der Waals surface area contributed by atoms with Crippen molar-refractivity contribution in [3.05, 3.63) is 412 Å². The molecule has 0 saturated carbocycles. The predicted molar refractivity (Wildman–Crippen MR) is 438 cm³/mol. The molecule has 0 bridgehead atoms. The third-order valence-electron chi connectivity index (χ3n) is 17.8. The third kappa shape index (κ3) is 18.2. The van der Waals surface area contributed by atoms with Crippen LogP contribution in [0.15, 0.2) is 350 Å². The highest BCUT2D eigenvalue weighted by Gasteiger charge is 2.29. The summed E-state index contributed by atoms with van der Waals surface area (Å²) in [6.45, 7) is 16.3. The van der Waals surface area contributed by atoms with Gasteiger partial charge in [0.05, 0.1) is 52.8 Å². The number of aliphatic hydroxyl groups is 1. The monoisotopic (exact) mass is 1460 g/mol. The maximum absolute atomic E-state index is 13.8. The molecule has 14 aromatic carbocycles. The Kier molecular flexibility index (Phi) is 17.3. The topological polar surface area (TPSA) is 42.2 Å². The van der Waals surface area contributed by atoms with Crippen molar-refractivity contribution in [2.24, 2.45) is 0 Å². The minimum atomic E-state index is -1.09. The van der Waals surface area contributed by atoms with Crippen LogP contribution in [-0.2, 0) is 27.6 Å². The summed E-state index contributed by atoms with van der Waals surface area (Å²) in [5.74, 6) is -0.552. The van der Waals surface area contributed by atoms with E-state index in [1.54, 1.807) is 93.6 Å². The second-order valence-electron chi connectivity index (χ2n) is 26.6. The quantitative estimate of drug-likeness (QED) is 0.148. The summed E-state index contributed by atoms with van der Waals surface area (Å²) in [4.78, 5) is 9.44. The smallest absolute Gasteiger partial charge is 0.137 e. The molecular formula is C98H87BrF3NO2. The van der Waals surface area contributed by atoms with Crippen LogP contribution in [0, 0.1) is 24.4 Å². The Hall–Kier alpha value is -11.2. The van der Waals surface area contributed by atoms with Crippen LogP contribution in [0.4, 0.5) is 13.2 Å². The summed E-state index contributed by atoms with van der Waals surface area (Å²) in [5.41, 5.74) is 11.8. The van der Waals surface area contributed by atoms with Crippen LogP contribution in [0.2, 0.25) is 0 Å². The van der Waals surface area contributed by atoms with E-state index in [1.165, 1.54) is 32.0 Å². The first-order valence-corrected chi connectivity index (χ1v) is 34.7. The Balaban J connectivity index is 0.000000172. The first-order chi connectivity index (χ1) is 58.4. The lowest BCUT2D eigenvalue weighted by Crippen LogP contribution is -2.21. The molecule has 0 unspecified atom stereocenters. The van der Waals surface area contributed by atoms with Gasteiger partial charge in [-0.25, -0.2) is 13.2 Å². The van der Waals surface area contributed by atoms with E-state index in [0.717, 1.165) is 72.0 Å². The van der Waals surface area contributed by atoms with Gasteiger partial charge in [-0.2, -0.15) is 0 Å². The zero-order chi connectivity index (χ0) is 90.8. The van der Waals surface area contributed by atoms with Gasteiger partial charge in [-0.1, -0.05) is 312 Å². The number of hydrogen-bond donors (Lipinski definition) is 1. The number of nitrogens with zero attached hydrogens (tertiary/aromatic N) is 1. The maximum Gasteiger partial charge on any atom is 0.137 e. The maximum atomic E-state index is 13.8. The molecule has 0 radical (unpaired) electrons. The van der Waals surface area contributed by atoms with E-state index >= 15 is 0 Å². The third-order valence-corrected chi connectivity index (χ3v) is 18.4. The molecule has 0 amide bonds. The number of fused-ring (bicyclic) bond motifs is 6. The van der Waals surface area contributed by atoms with Crippen LogP contribution in [0.25, 0.3) is 83.1 Å². The molecule has 0 spiro atoms. The first kappa shape index (κ1) is 53.6. The van der Waals surface area contributed by atoms with Gasteiger partial charge in [0.2, 0.25) is 0 Å². The number of rotatable bonds is 10. The minimum absolute atomic E-state index is 0.0221. The number of para-hydroxylation sites is 1. The molecular weight excluding hydrogens is 1360 g/mol. The zero-order valence-corrected chi connectivity index (χ0v) is 61.0. The van der Waals surface area contributed by atoms with Gasteiger partial charge < -0.3 is 14.5 Å². The van der Waals surface area contributed by atoms with E-state index in [0.29, 0.717) is 44.3 Å². The summed E-state index contributed by atoms with van der Waals surface area (Å²) < 4.78 is 199. The summed E-state index contributed by atoms with van der Waals surface area (Å²) in [7, 11) is 0. The van der Waals surface area contributed by atoms with Crippen LogP contribution < -0.4 is 0 Å². The lowest BCUT2D eigenvalue weighted by Gasteiger charge is -2.29. The average molecular weight is 1470 g/mol. The number of aromatic nitrogens is 1. The van der Waals surface area contributed by atoms with Crippen LogP contribution in [-0.4, -0.2) is 15.5 Å². The minimum Gasteiger partial charge on any atom is -0.386 e. The molecule has 524 valence electrons. The fourth-order valence-electron chi connectivity index (χ4n) is 12.4. The Morgan fingerprint density at radius 2 is 0.762 bits per heavy atom. The summed E-state index contributed by atoms with van der Waals surface area (Å²) in [6, 6.07) is 64.2. The predicted octanol–water partition coefficient (Wildman–Crippen LogP) is 26.7. The number of ketones is 1. The number of carbonyl (C=O) groups excluding carboxylic acids is 1. The van der Waals surface area contributed by atoms with E-state index in [2.05, 4.69) is 58.6 Å². The van der Waals surface area contributed by atoms with Crippen LogP contribution in [0.5, 0.6) is 0 Å². The van der Waals surface area contributed by atoms with Crippen molar-refractivity contribution in [1.29, 1.82) is 0 Å². The molecule has 1 N–H and O–H groups in total. The number of benzene rings is 14. The second-order valence-corrected chi connectivity index (χ2v) is 27.4. The molecule has 1 aliphatic rings. The largest absolute Gasteiger partial charge is 0.386 e. The van der Waals surface area contributed by atoms with E-state index in [1.807, 2.05) is 129 Å². The number of carbonyl (C=O) groups is 1. The normalized spacial score (nSPS) is 13.9. The molecule has 0 atom stereocenters. The number of halogens is 4. The van der Waals surface area contributed by atoms with Crippen molar-refractivity contribution in [2.45, 2.75) is 85.2 Å². The SMILES string of the molecule is CC(C)(O)c1ccccc1F.CC(C)(c1ccccc1)c1ccccc1F.CC(C)=O.Fc1ccccc1Br.[2H]c1c([2H])c([2H])c(-c2ccc3c(c2)-c2cc(-c4c([2H])c([2H])c([2H])c([2H])c4[2H])ccc2C3)c([2H])c1[2H].[2H]c1c([2H])c([2H])c(-c2ccc3c(c2)c2cc(-c4c([2H])c([2H])c([2H])c(C)c4[2H])ccc2n3-c2ccccc2C(C)(C)c2ccccc2)c([2H])c1[2H]. The highest BCUT2D eigenvalue weighted by atomic mass is 79.9. The molecule has 1 heterocycles. The van der Waals surface area contributed by atoms with Gasteiger partial charge in [0.25, 0.3) is 0 Å². The standard InChI is InChI=1S/C40H33N.C25H18.C15H15F.C9H11FO.C6H4BrF.C3H6O/c1-28-13-12-16-30(25-28)32-22-24-38-35(27-32)34-26-31(29-14-6-4-7-15-29)21-23-37(34)41(38)39-20-11-10-19-36(39)40(2,3)33-17-8-5-9-18-33;1-3-7-18(8-4-1)20-11-13-22-15-23-14-12-21(17-25(23)24(22)16-20)19-9-5-2-6-10-19;1-15(2,12-8-4-3-5-9-12)13-10-6-7-11-14(13)16;1-9(2,11)7-5-3-4-6-8(7)10;7-5-3-1-2-4-6(5)8;1-3(2)4/h4-27H,1-3H3;1-14,16-17H,15H2;3-11H,1-2H3;3-6,11H,1-2H3;1-4H;1-2H3/i4D,6D,7D,12D,13D,14D,15D,16D,25D;1D,2D,3D,4D,5D,6D,7D,8D,9D,10D;;;;. The number of Topliss-reactive ketones (excluding diaryl/α,β-unsaturated/α-hetero) is 1. The van der Waals surface area contributed by atoms with E-state index in [4.69, 9.17) is 26.0 Å². The van der Waals surface area contributed by atoms with Gasteiger partial charge in [0.1, 0.15) is 23.2 Å². The van der Waals surface area contributed by atoms with Crippen molar-refractivity contribution in [3.8, 4) is 61.3 Å². The molecule has 7 heteroatoms. The van der Waals surface area contributed by atoms with Crippen LogP contribution in [0.1, 0.15) is 126 Å². The van der Waals surface area contributed by atoms with Crippen molar-refractivity contribution in [3.63, 3.8) is 0 Å². The zero-order valence-electron chi connectivity index (χ0n) is 78.5. The van der Waals surface area contributed by atoms with Crippen molar-refractivity contribution in [1.82, 2.24) is 4.57 Å². The van der Waals surface area contributed by atoms with Gasteiger partial charge >= 0.3 is 0 Å². The Bertz CT molecular complexity index is 6250. The fraction of sp³-hybridized carbons (Fsp3) is 0.133. The molecule has 15 aromatic rings. The van der Waals surface area contributed by atoms with Crippen molar-refractivity contribution in [2.75, 3.05) is 0 Å². The molecule has 3 nitrogen and oxygen atoms in total. The molecule has 1 aromatic heterocycles. The van der Waals surface area contributed by atoms with Crippen LogP contribution >= 0.6 is 15.9 Å². The fourth-order valence-corrected chi connectivity index (χ4v) is 12.7. The van der Waals surface area contributed by atoms with Gasteiger partial charge in [-0.3, -0.25) is 0 Å².